The quantitative estimate of drug-likeness (QED) is 0.365. The van der Waals surface area contributed by atoms with Crippen molar-refractivity contribution in [3.63, 3.8) is 0 Å². The van der Waals surface area contributed by atoms with Crippen LogP contribution in [-0.2, 0) is 16.0 Å². The van der Waals surface area contributed by atoms with Crippen molar-refractivity contribution in [2.75, 3.05) is 6.61 Å². The number of esters is 1. The van der Waals surface area contributed by atoms with Crippen LogP contribution in [0, 0.1) is 17.8 Å². The van der Waals surface area contributed by atoms with Gasteiger partial charge in [0.15, 0.2) is 0 Å². The lowest BCUT2D eigenvalue weighted by Crippen LogP contribution is -2.28. The maximum atomic E-state index is 12.2. The van der Waals surface area contributed by atoms with Crippen LogP contribution in [0.15, 0.2) is 36.4 Å². The molecule has 166 valence electrons. The molecule has 3 rings (SSSR count). The van der Waals surface area contributed by atoms with E-state index in [1.807, 2.05) is 0 Å². The van der Waals surface area contributed by atoms with Crippen molar-refractivity contribution < 1.29 is 22.7 Å². The molecule has 2 saturated carbocycles. The Morgan fingerprint density at radius 1 is 0.933 bits per heavy atom. The lowest BCUT2D eigenvalue weighted by atomic mass is 9.77. The van der Waals surface area contributed by atoms with Crippen molar-refractivity contribution >= 4 is 5.97 Å². The Labute approximate surface area is 177 Å². The average Bonchev–Trinajstić information content (AvgIpc) is 2.76. The van der Waals surface area contributed by atoms with Crippen molar-refractivity contribution in [1.82, 2.24) is 0 Å². The monoisotopic (exact) mass is 422 g/mol. The van der Waals surface area contributed by atoms with E-state index in [1.165, 1.54) is 36.8 Å². The maximum absolute atomic E-state index is 12.2. The van der Waals surface area contributed by atoms with Crippen LogP contribution in [0.1, 0.15) is 75.3 Å². The van der Waals surface area contributed by atoms with E-state index >= 15 is 0 Å². The van der Waals surface area contributed by atoms with E-state index in [-0.39, 0.29) is 12.5 Å². The minimum Gasteiger partial charge on any atom is -0.459 e. The van der Waals surface area contributed by atoms with Crippen LogP contribution < -0.4 is 0 Å². The molecule has 0 atom stereocenters. The molecule has 1 aromatic rings. The number of hydrogen-bond donors (Lipinski definition) is 0. The number of alkyl halides is 3. The van der Waals surface area contributed by atoms with Gasteiger partial charge in [-0.05, 0) is 92.6 Å². The number of ether oxygens (including phenoxy) is 1. The number of carbonyl (C=O) groups is 1. The van der Waals surface area contributed by atoms with Crippen molar-refractivity contribution in [3.05, 3.63) is 47.5 Å². The third-order valence-corrected chi connectivity index (χ3v) is 6.86. The largest absolute Gasteiger partial charge is 0.490 e. The first-order chi connectivity index (χ1) is 14.3. The predicted octanol–water partition coefficient (Wildman–Crippen LogP) is 6.99. The second-order valence-electron chi connectivity index (χ2n) is 8.97. The summed E-state index contributed by atoms with van der Waals surface area (Å²) in [7, 11) is 0. The number of allylic oxidation sites excluding steroid dienone is 2. The lowest BCUT2D eigenvalue weighted by Gasteiger charge is -2.29. The normalized spacial score (nSPS) is 27.9. The van der Waals surface area contributed by atoms with Crippen molar-refractivity contribution in [2.45, 2.75) is 76.8 Å². The maximum Gasteiger partial charge on any atom is 0.490 e. The van der Waals surface area contributed by atoms with Crippen LogP contribution in [0.3, 0.4) is 0 Å². The Morgan fingerprint density at radius 2 is 1.47 bits per heavy atom. The van der Waals surface area contributed by atoms with Crippen LogP contribution in [0.2, 0.25) is 0 Å². The second-order valence-corrected chi connectivity index (χ2v) is 8.97. The molecule has 0 saturated heterocycles. The SMILES string of the molecule is CCc1ccc(C2CCC(C=CC3CCC(COC(=O)C(F)(F)F)CC3)CC2)cc1. The standard InChI is InChI=1S/C25H33F3O2/c1-2-18-9-13-22(14-10-18)23-15-11-20(12-16-23)4-3-19-5-7-21(8-6-19)17-30-24(29)25(26,27)28/h3-4,9-10,13-14,19-21,23H,2,5-8,11-12,15-17H2,1H3. The van der Waals surface area contributed by atoms with Gasteiger partial charge in [0.2, 0.25) is 0 Å². The third-order valence-electron chi connectivity index (χ3n) is 6.86. The lowest BCUT2D eigenvalue weighted by molar-refractivity contribution is -0.201. The highest BCUT2D eigenvalue weighted by Crippen LogP contribution is 2.37. The number of hydrogen-bond acceptors (Lipinski definition) is 2. The molecule has 2 aliphatic carbocycles. The van der Waals surface area contributed by atoms with E-state index in [1.54, 1.807) is 0 Å². The Kier molecular flexibility index (Phi) is 8.01. The first kappa shape index (κ1) is 22.9. The molecule has 2 nitrogen and oxygen atoms in total. The molecule has 0 heterocycles. The molecule has 0 bridgehead atoms. The fourth-order valence-electron chi connectivity index (χ4n) is 4.81. The topological polar surface area (TPSA) is 26.3 Å². The summed E-state index contributed by atoms with van der Waals surface area (Å²) in [6.07, 6.45) is 9.38. The highest BCUT2D eigenvalue weighted by molar-refractivity contribution is 5.75. The van der Waals surface area contributed by atoms with Crippen LogP contribution in [0.4, 0.5) is 13.2 Å². The second kappa shape index (κ2) is 10.5. The Hall–Kier alpha value is -1.78. The summed E-state index contributed by atoms with van der Waals surface area (Å²) in [6, 6.07) is 9.09. The average molecular weight is 423 g/mol. The highest BCUT2D eigenvalue weighted by atomic mass is 19.4. The summed E-state index contributed by atoms with van der Waals surface area (Å²) in [4.78, 5) is 10.8. The fourth-order valence-corrected chi connectivity index (χ4v) is 4.81. The van der Waals surface area contributed by atoms with Gasteiger partial charge in [-0.15, -0.1) is 0 Å². The number of benzene rings is 1. The fraction of sp³-hybridized carbons (Fsp3) is 0.640. The summed E-state index contributed by atoms with van der Waals surface area (Å²) in [6.45, 7) is 2.07. The third kappa shape index (κ3) is 6.61. The zero-order valence-corrected chi connectivity index (χ0v) is 17.8. The Morgan fingerprint density at radius 3 is 1.97 bits per heavy atom. The summed E-state index contributed by atoms with van der Waals surface area (Å²) in [5.41, 5.74) is 2.86. The van der Waals surface area contributed by atoms with Crippen LogP contribution in [-0.4, -0.2) is 18.8 Å². The molecule has 0 aliphatic heterocycles. The molecule has 0 aromatic heterocycles. The highest BCUT2D eigenvalue weighted by Gasteiger charge is 2.41. The summed E-state index contributed by atoms with van der Waals surface area (Å²) >= 11 is 0. The number of aryl methyl sites for hydroxylation is 1. The molecular formula is C25H33F3O2. The zero-order chi connectivity index (χ0) is 21.6. The molecule has 0 radical (unpaired) electrons. The number of halogens is 3. The van der Waals surface area contributed by atoms with Gasteiger partial charge in [0.25, 0.3) is 0 Å². The van der Waals surface area contributed by atoms with Gasteiger partial charge in [-0.3, -0.25) is 0 Å². The molecule has 0 amide bonds. The molecule has 2 fully saturated rings. The van der Waals surface area contributed by atoms with Gasteiger partial charge in [-0.1, -0.05) is 43.3 Å². The van der Waals surface area contributed by atoms with Gasteiger partial charge in [0.05, 0.1) is 6.61 Å². The van der Waals surface area contributed by atoms with Crippen molar-refractivity contribution in [1.29, 1.82) is 0 Å². The van der Waals surface area contributed by atoms with Gasteiger partial charge in [0.1, 0.15) is 0 Å². The van der Waals surface area contributed by atoms with Gasteiger partial charge in [-0.2, -0.15) is 13.2 Å². The van der Waals surface area contributed by atoms with Gasteiger partial charge < -0.3 is 4.74 Å². The molecule has 30 heavy (non-hydrogen) atoms. The minimum atomic E-state index is -4.89. The zero-order valence-electron chi connectivity index (χ0n) is 17.8. The van der Waals surface area contributed by atoms with E-state index in [4.69, 9.17) is 0 Å². The Bertz CT molecular complexity index is 692. The molecule has 0 unspecified atom stereocenters. The number of carbonyl (C=O) groups excluding carboxylic acids is 1. The first-order valence-electron chi connectivity index (χ1n) is 11.4. The van der Waals surface area contributed by atoms with E-state index in [0.29, 0.717) is 17.8 Å². The van der Waals surface area contributed by atoms with E-state index in [0.717, 1.165) is 32.1 Å². The van der Waals surface area contributed by atoms with E-state index in [2.05, 4.69) is 48.1 Å². The molecular weight excluding hydrogens is 389 g/mol. The summed E-state index contributed by atoms with van der Waals surface area (Å²) in [5, 5.41) is 0. The van der Waals surface area contributed by atoms with Gasteiger partial charge in [0, 0.05) is 0 Å². The van der Waals surface area contributed by atoms with Crippen LogP contribution in [0.25, 0.3) is 0 Å². The van der Waals surface area contributed by atoms with E-state index in [9.17, 15) is 18.0 Å². The molecule has 1 aromatic carbocycles. The molecule has 0 spiro atoms. The van der Waals surface area contributed by atoms with E-state index < -0.39 is 12.1 Å². The smallest absolute Gasteiger partial charge is 0.459 e. The van der Waals surface area contributed by atoms with Crippen molar-refractivity contribution in [2.24, 2.45) is 17.8 Å². The summed E-state index contributed by atoms with van der Waals surface area (Å²) in [5.74, 6) is -0.201. The van der Waals surface area contributed by atoms with Crippen molar-refractivity contribution in [3.8, 4) is 0 Å². The summed E-state index contributed by atoms with van der Waals surface area (Å²) < 4.78 is 41.0. The first-order valence-corrected chi connectivity index (χ1v) is 11.4. The van der Waals surface area contributed by atoms with Crippen LogP contribution in [0.5, 0.6) is 0 Å². The number of rotatable bonds is 6. The van der Waals surface area contributed by atoms with Gasteiger partial charge in [-0.25, -0.2) is 4.79 Å². The van der Waals surface area contributed by atoms with Crippen LogP contribution >= 0.6 is 0 Å². The Balaban J connectivity index is 1.36. The molecule has 0 N–H and O–H groups in total. The molecule has 5 heteroatoms. The van der Waals surface area contributed by atoms with Gasteiger partial charge >= 0.3 is 12.1 Å². The predicted molar refractivity (Wildman–Crippen MR) is 112 cm³/mol. The molecule has 2 aliphatic rings. The minimum absolute atomic E-state index is 0.0514.